The number of hydrogen-bond acceptors (Lipinski definition) is 3. The Kier molecular flexibility index (Phi) is 4.87. The van der Waals surface area contributed by atoms with Gasteiger partial charge in [-0.3, -0.25) is 9.69 Å². The summed E-state index contributed by atoms with van der Waals surface area (Å²) < 4.78 is 0. The van der Waals surface area contributed by atoms with Gasteiger partial charge in [0.15, 0.2) is 0 Å². The normalized spacial score (nSPS) is 16.2. The Hall–Kier alpha value is -2.72. The molecule has 0 unspecified atom stereocenters. The van der Waals surface area contributed by atoms with Crippen molar-refractivity contribution < 1.29 is 4.79 Å². The molecule has 0 saturated carbocycles. The number of hydrogen-bond donors (Lipinski definition) is 0. The minimum Gasteiger partial charge on any atom is -0.274 e. The highest BCUT2D eigenvalue weighted by atomic mass is 32.1. The molecule has 3 nitrogen and oxygen atoms in total. The van der Waals surface area contributed by atoms with E-state index in [0.717, 1.165) is 29.1 Å². The minimum absolute atomic E-state index is 0.102. The highest BCUT2D eigenvalue weighted by molar-refractivity contribution is 7.08. The van der Waals surface area contributed by atoms with E-state index >= 15 is 0 Å². The lowest BCUT2D eigenvalue weighted by molar-refractivity contribution is -0.111. The van der Waals surface area contributed by atoms with Gasteiger partial charge in [0.05, 0.1) is 17.1 Å². The maximum Gasteiger partial charge on any atom is 0.282 e. The summed E-state index contributed by atoms with van der Waals surface area (Å²) in [4.78, 5) is 19.3. The molecule has 24 heavy (non-hydrogen) atoms. The standard InChI is InChI=1S/C20H18N2OS/c1-3-5-9-15(8-4-2)21-19-17-10-6-7-11-18(17)22(20(19)23)16-12-13-24-14-16/h4-14H,2-3H2,1H3/b9-5-,15-8+,21-19?. The zero-order chi connectivity index (χ0) is 16.9. The average molecular weight is 334 g/mol. The number of rotatable bonds is 5. The molecule has 1 aliphatic rings. The Morgan fingerprint density at radius 3 is 2.88 bits per heavy atom. The molecule has 0 saturated heterocycles. The molecule has 1 aliphatic heterocycles. The van der Waals surface area contributed by atoms with Crippen LogP contribution in [0.25, 0.3) is 0 Å². The van der Waals surface area contributed by atoms with Gasteiger partial charge in [0.2, 0.25) is 0 Å². The molecular formula is C20H18N2OS. The Morgan fingerprint density at radius 1 is 1.33 bits per heavy atom. The number of allylic oxidation sites excluding steroid dienone is 4. The number of carbonyl (C=O) groups is 1. The summed E-state index contributed by atoms with van der Waals surface area (Å²) in [6, 6.07) is 9.70. The van der Waals surface area contributed by atoms with Crippen LogP contribution in [0.4, 0.5) is 11.4 Å². The molecule has 0 atom stereocenters. The first-order chi connectivity index (χ1) is 11.8. The number of para-hydroxylation sites is 1. The molecule has 1 aromatic heterocycles. The first-order valence-corrected chi connectivity index (χ1v) is 8.74. The zero-order valence-corrected chi connectivity index (χ0v) is 14.3. The second kappa shape index (κ2) is 7.23. The third-order valence-electron chi connectivity index (χ3n) is 3.62. The summed E-state index contributed by atoms with van der Waals surface area (Å²) in [5.41, 5.74) is 3.79. The minimum atomic E-state index is -0.102. The number of nitrogens with zero attached hydrogens (tertiary/aromatic N) is 2. The maximum atomic E-state index is 13.0. The molecule has 2 aromatic rings. The highest BCUT2D eigenvalue weighted by Gasteiger charge is 2.34. The molecule has 0 spiro atoms. The van der Waals surface area contributed by atoms with Crippen molar-refractivity contribution in [2.45, 2.75) is 13.3 Å². The van der Waals surface area contributed by atoms with Crippen LogP contribution in [0.15, 0.2) is 82.7 Å². The molecule has 0 bridgehead atoms. The summed E-state index contributed by atoms with van der Waals surface area (Å²) >= 11 is 1.57. The van der Waals surface area contributed by atoms with Crippen molar-refractivity contribution in [3.8, 4) is 0 Å². The molecule has 4 heteroatoms. The fourth-order valence-electron chi connectivity index (χ4n) is 2.57. The fraction of sp³-hybridized carbons (Fsp3) is 0.100. The van der Waals surface area contributed by atoms with Crippen molar-refractivity contribution in [2.75, 3.05) is 4.90 Å². The molecule has 1 aromatic carbocycles. The van der Waals surface area contributed by atoms with Crippen molar-refractivity contribution in [1.29, 1.82) is 0 Å². The second-order valence-corrected chi connectivity index (χ2v) is 6.02. The quantitative estimate of drug-likeness (QED) is 0.687. The van der Waals surface area contributed by atoms with Crippen LogP contribution in [-0.2, 0) is 4.79 Å². The molecule has 2 heterocycles. The van der Waals surface area contributed by atoms with E-state index in [1.54, 1.807) is 22.3 Å². The van der Waals surface area contributed by atoms with Crippen LogP contribution in [-0.4, -0.2) is 11.6 Å². The van der Waals surface area contributed by atoms with Crippen LogP contribution in [0.5, 0.6) is 0 Å². The Morgan fingerprint density at radius 2 is 2.17 bits per heavy atom. The van der Waals surface area contributed by atoms with Gasteiger partial charge in [-0.05, 0) is 36.1 Å². The number of carbonyl (C=O) groups excluding carboxylic acids is 1. The van der Waals surface area contributed by atoms with Crippen molar-refractivity contribution in [2.24, 2.45) is 4.99 Å². The summed E-state index contributed by atoms with van der Waals surface area (Å²) in [5.74, 6) is -0.102. The van der Waals surface area contributed by atoms with E-state index < -0.39 is 0 Å². The van der Waals surface area contributed by atoms with E-state index in [9.17, 15) is 4.79 Å². The lowest BCUT2D eigenvalue weighted by atomic mass is 10.1. The van der Waals surface area contributed by atoms with Gasteiger partial charge in [-0.15, -0.1) is 0 Å². The van der Waals surface area contributed by atoms with Crippen LogP contribution in [0, 0.1) is 0 Å². The van der Waals surface area contributed by atoms with Crippen molar-refractivity contribution in [3.05, 3.63) is 83.2 Å². The Bertz CT molecular complexity index is 844. The summed E-state index contributed by atoms with van der Waals surface area (Å²) in [6.45, 7) is 5.79. The maximum absolute atomic E-state index is 13.0. The van der Waals surface area contributed by atoms with Gasteiger partial charge < -0.3 is 0 Å². The largest absolute Gasteiger partial charge is 0.282 e. The van der Waals surface area contributed by atoms with E-state index in [1.165, 1.54) is 0 Å². The number of amides is 1. The Labute approximate surface area is 146 Å². The van der Waals surface area contributed by atoms with Crippen LogP contribution >= 0.6 is 11.3 Å². The molecule has 0 radical (unpaired) electrons. The average Bonchev–Trinajstić information content (AvgIpc) is 3.20. The van der Waals surface area contributed by atoms with Gasteiger partial charge in [0.1, 0.15) is 5.71 Å². The monoisotopic (exact) mass is 334 g/mol. The fourth-order valence-corrected chi connectivity index (χ4v) is 3.19. The third-order valence-corrected chi connectivity index (χ3v) is 4.29. The van der Waals surface area contributed by atoms with Gasteiger partial charge in [-0.2, -0.15) is 11.3 Å². The smallest absolute Gasteiger partial charge is 0.274 e. The van der Waals surface area contributed by atoms with Crippen LogP contribution in [0.1, 0.15) is 18.9 Å². The predicted molar refractivity (Wildman–Crippen MR) is 102 cm³/mol. The molecule has 0 fully saturated rings. The van der Waals surface area contributed by atoms with Crippen LogP contribution in [0.3, 0.4) is 0 Å². The van der Waals surface area contributed by atoms with E-state index in [4.69, 9.17) is 0 Å². The van der Waals surface area contributed by atoms with Gasteiger partial charge in [-0.1, -0.05) is 43.9 Å². The number of thiophene rings is 1. The van der Waals surface area contributed by atoms with E-state index in [2.05, 4.69) is 18.5 Å². The SMILES string of the molecule is C=C/C=C(\C=C/CC)N=C1C(=O)N(c2ccsc2)c2ccccc21. The Balaban J connectivity index is 2.11. The number of fused-ring (bicyclic) bond motifs is 1. The summed E-state index contributed by atoms with van der Waals surface area (Å²) in [6.07, 6.45) is 8.33. The molecule has 0 aliphatic carbocycles. The van der Waals surface area contributed by atoms with Gasteiger partial charge >= 0.3 is 0 Å². The van der Waals surface area contributed by atoms with Crippen molar-refractivity contribution in [3.63, 3.8) is 0 Å². The van der Waals surface area contributed by atoms with E-state index in [-0.39, 0.29) is 5.91 Å². The lowest BCUT2D eigenvalue weighted by Crippen LogP contribution is -2.25. The van der Waals surface area contributed by atoms with Crippen LogP contribution in [0.2, 0.25) is 0 Å². The van der Waals surface area contributed by atoms with Crippen LogP contribution < -0.4 is 4.90 Å². The third kappa shape index (κ3) is 3.01. The first kappa shape index (κ1) is 16.1. The topological polar surface area (TPSA) is 32.7 Å². The number of aliphatic imine (C=N–C) groups is 1. The highest BCUT2D eigenvalue weighted by Crippen LogP contribution is 2.36. The molecule has 3 rings (SSSR count). The van der Waals surface area contributed by atoms with Gasteiger partial charge in [0, 0.05) is 10.9 Å². The van der Waals surface area contributed by atoms with Crippen molar-refractivity contribution >= 4 is 34.3 Å². The van der Waals surface area contributed by atoms with Crippen molar-refractivity contribution in [1.82, 2.24) is 0 Å². The molecule has 0 N–H and O–H groups in total. The first-order valence-electron chi connectivity index (χ1n) is 7.80. The predicted octanol–water partition coefficient (Wildman–Crippen LogP) is 5.25. The number of anilines is 2. The summed E-state index contributed by atoms with van der Waals surface area (Å²) in [5, 5.41) is 3.93. The molecule has 120 valence electrons. The second-order valence-electron chi connectivity index (χ2n) is 5.24. The zero-order valence-electron chi connectivity index (χ0n) is 13.5. The molecule has 1 amide bonds. The summed E-state index contributed by atoms with van der Waals surface area (Å²) in [7, 11) is 0. The molecular weight excluding hydrogens is 316 g/mol. The van der Waals surface area contributed by atoms with E-state index in [0.29, 0.717) is 5.71 Å². The van der Waals surface area contributed by atoms with Gasteiger partial charge in [0.25, 0.3) is 5.91 Å². The van der Waals surface area contributed by atoms with E-state index in [1.807, 2.05) is 59.3 Å². The van der Waals surface area contributed by atoms with Gasteiger partial charge in [-0.25, -0.2) is 4.99 Å². The number of benzene rings is 1. The lowest BCUT2D eigenvalue weighted by Gasteiger charge is -2.14.